The number of nitrogens with zero attached hydrogens (tertiary/aromatic N) is 1. The molecule has 1 unspecified atom stereocenters. The average molecular weight is 173 g/mol. The van der Waals surface area contributed by atoms with E-state index in [2.05, 4.69) is 37.3 Å². The van der Waals surface area contributed by atoms with Crippen LogP contribution in [-0.4, -0.2) is 0 Å². The van der Waals surface area contributed by atoms with E-state index in [4.69, 9.17) is 5.26 Å². The summed E-state index contributed by atoms with van der Waals surface area (Å²) in [6, 6.07) is 12.6. The van der Waals surface area contributed by atoms with Gasteiger partial charge in [-0.05, 0) is 24.3 Å². The van der Waals surface area contributed by atoms with Gasteiger partial charge in [-0.2, -0.15) is 5.26 Å². The minimum absolute atomic E-state index is 0.519. The van der Waals surface area contributed by atoms with Crippen LogP contribution in [-0.2, 0) is 6.42 Å². The van der Waals surface area contributed by atoms with Gasteiger partial charge in [0.1, 0.15) is 0 Å². The fourth-order valence-electron chi connectivity index (χ4n) is 1.32. The lowest BCUT2D eigenvalue weighted by Gasteiger charge is -2.05. The predicted octanol–water partition coefficient (Wildman–Crippen LogP) is 3.17. The van der Waals surface area contributed by atoms with Crippen molar-refractivity contribution in [3.63, 3.8) is 0 Å². The number of hydrogen-bond acceptors (Lipinski definition) is 1. The van der Waals surface area contributed by atoms with Gasteiger partial charge in [0.25, 0.3) is 0 Å². The van der Waals surface area contributed by atoms with E-state index in [0.29, 0.717) is 12.3 Å². The van der Waals surface area contributed by atoms with Crippen molar-refractivity contribution in [2.24, 2.45) is 5.92 Å². The van der Waals surface area contributed by atoms with E-state index in [1.807, 2.05) is 6.07 Å². The van der Waals surface area contributed by atoms with Crippen molar-refractivity contribution >= 4 is 0 Å². The molecule has 0 N–H and O–H groups in total. The third kappa shape index (κ3) is 3.75. The lowest BCUT2D eigenvalue weighted by atomic mass is 9.99. The molecule has 1 aromatic rings. The van der Waals surface area contributed by atoms with Gasteiger partial charge in [-0.1, -0.05) is 37.3 Å². The molecule has 0 aliphatic heterocycles. The molecule has 0 spiro atoms. The molecule has 1 nitrogen and oxygen atoms in total. The Morgan fingerprint density at radius 3 is 2.62 bits per heavy atom. The molecule has 0 bridgehead atoms. The fraction of sp³-hybridized carbons (Fsp3) is 0.417. The lowest BCUT2D eigenvalue weighted by molar-refractivity contribution is 0.545. The zero-order valence-corrected chi connectivity index (χ0v) is 8.03. The van der Waals surface area contributed by atoms with E-state index < -0.39 is 0 Å². The number of nitriles is 1. The number of benzene rings is 1. The second kappa shape index (κ2) is 5.37. The van der Waals surface area contributed by atoms with Gasteiger partial charge in [0.2, 0.25) is 0 Å². The molecule has 1 heteroatoms. The molecule has 0 aromatic heterocycles. The molecule has 0 saturated heterocycles. The Balaban J connectivity index is 2.32. The van der Waals surface area contributed by atoms with Crippen LogP contribution in [0.3, 0.4) is 0 Å². The normalized spacial score (nSPS) is 12.0. The van der Waals surface area contributed by atoms with Gasteiger partial charge in [0.05, 0.1) is 6.07 Å². The molecule has 1 atom stereocenters. The molecule has 0 fully saturated rings. The summed E-state index contributed by atoms with van der Waals surface area (Å²) in [6.07, 6.45) is 2.87. The molecule has 0 saturated carbocycles. The number of hydrogen-bond donors (Lipinski definition) is 0. The van der Waals surface area contributed by atoms with Crippen LogP contribution in [0, 0.1) is 17.2 Å². The zero-order chi connectivity index (χ0) is 9.52. The molecule has 0 amide bonds. The Labute approximate surface area is 80.0 Å². The molecule has 1 aromatic carbocycles. The second-order valence-electron chi connectivity index (χ2n) is 3.49. The summed E-state index contributed by atoms with van der Waals surface area (Å²) < 4.78 is 0. The van der Waals surface area contributed by atoms with Crippen LogP contribution >= 0.6 is 0 Å². The monoisotopic (exact) mass is 173 g/mol. The van der Waals surface area contributed by atoms with E-state index in [9.17, 15) is 0 Å². The van der Waals surface area contributed by atoms with E-state index in [0.717, 1.165) is 12.8 Å². The highest BCUT2D eigenvalue weighted by Gasteiger charge is 2.00. The zero-order valence-electron chi connectivity index (χ0n) is 8.03. The molecule has 1 rings (SSSR count). The first-order valence-electron chi connectivity index (χ1n) is 4.74. The third-order valence-corrected chi connectivity index (χ3v) is 2.21. The number of aryl methyl sites for hydroxylation is 1. The molecule has 0 aliphatic rings. The van der Waals surface area contributed by atoms with Crippen LogP contribution in [0.1, 0.15) is 25.3 Å². The maximum absolute atomic E-state index is 8.48. The first kappa shape index (κ1) is 9.80. The Hall–Kier alpha value is -1.29. The highest BCUT2D eigenvalue weighted by Crippen LogP contribution is 2.11. The minimum Gasteiger partial charge on any atom is -0.198 e. The topological polar surface area (TPSA) is 23.8 Å². The van der Waals surface area contributed by atoms with Crippen molar-refractivity contribution in [1.82, 2.24) is 0 Å². The predicted molar refractivity (Wildman–Crippen MR) is 54.2 cm³/mol. The van der Waals surface area contributed by atoms with Gasteiger partial charge in [0.15, 0.2) is 0 Å². The molecule has 68 valence electrons. The Kier molecular flexibility index (Phi) is 4.05. The first-order valence-corrected chi connectivity index (χ1v) is 4.74. The quantitative estimate of drug-likeness (QED) is 0.686. The van der Waals surface area contributed by atoms with Crippen molar-refractivity contribution < 1.29 is 0 Å². The Bertz CT molecular complexity index is 271. The summed E-state index contributed by atoms with van der Waals surface area (Å²) in [5.74, 6) is 0.519. The van der Waals surface area contributed by atoms with Gasteiger partial charge in [-0.25, -0.2) is 0 Å². The average Bonchev–Trinajstić information content (AvgIpc) is 2.17. The van der Waals surface area contributed by atoms with Gasteiger partial charge in [0, 0.05) is 6.42 Å². The Morgan fingerprint density at radius 1 is 1.31 bits per heavy atom. The van der Waals surface area contributed by atoms with Crippen LogP contribution < -0.4 is 0 Å². The summed E-state index contributed by atoms with van der Waals surface area (Å²) in [6.45, 7) is 2.13. The smallest absolute Gasteiger partial charge is 0.0624 e. The van der Waals surface area contributed by atoms with Gasteiger partial charge in [-0.15, -0.1) is 0 Å². The minimum atomic E-state index is 0.519. The summed E-state index contributed by atoms with van der Waals surface area (Å²) >= 11 is 0. The van der Waals surface area contributed by atoms with Crippen molar-refractivity contribution in [2.45, 2.75) is 26.2 Å². The fourth-order valence-corrected chi connectivity index (χ4v) is 1.32. The molecule has 13 heavy (non-hydrogen) atoms. The first-order chi connectivity index (χ1) is 6.33. The molecule has 0 aliphatic carbocycles. The maximum Gasteiger partial charge on any atom is 0.0624 e. The number of rotatable bonds is 4. The molecule has 0 radical (unpaired) electrons. The Morgan fingerprint density at radius 2 is 2.00 bits per heavy atom. The van der Waals surface area contributed by atoms with Gasteiger partial charge >= 0.3 is 0 Å². The second-order valence-corrected chi connectivity index (χ2v) is 3.49. The molecular weight excluding hydrogens is 158 g/mol. The van der Waals surface area contributed by atoms with E-state index in [1.54, 1.807) is 0 Å². The standard InChI is InChI=1S/C12H15N/c1-11(9-10-13)7-8-12-5-3-2-4-6-12/h2-6,11H,7-9H2,1H3. The van der Waals surface area contributed by atoms with Crippen LogP contribution in [0.2, 0.25) is 0 Å². The van der Waals surface area contributed by atoms with Crippen molar-refractivity contribution in [1.29, 1.82) is 5.26 Å². The highest BCUT2D eigenvalue weighted by atomic mass is 14.2. The van der Waals surface area contributed by atoms with Crippen LogP contribution in [0.15, 0.2) is 30.3 Å². The summed E-state index contributed by atoms with van der Waals surface area (Å²) in [7, 11) is 0. The summed E-state index contributed by atoms with van der Waals surface area (Å²) in [5.41, 5.74) is 1.37. The van der Waals surface area contributed by atoms with Gasteiger partial charge in [-0.3, -0.25) is 0 Å². The molecular formula is C12H15N. The van der Waals surface area contributed by atoms with Crippen LogP contribution in [0.5, 0.6) is 0 Å². The SMILES string of the molecule is CC(CC#N)CCc1ccccc1. The van der Waals surface area contributed by atoms with Crippen molar-refractivity contribution in [3.8, 4) is 6.07 Å². The maximum atomic E-state index is 8.48. The van der Waals surface area contributed by atoms with Crippen molar-refractivity contribution in [2.75, 3.05) is 0 Å². The van der Waals surface area contributed by atoms with Crippen LogP contribution in [0.4, 0.5) is 0 Å². The van der Waals surface area contributed by atoms with E-state index >= 15 is 0 Å². The van der Waals surface area contributed by atoms with Crippen molar-refractivity contribution in [3.05, 3.63) is 35.9 Å². The van der Waals surface area contributed by atoms with E-state index in [-0.39, 0.29) is 0 Å². The summed E-state index contributed by atoms with van der Waals surface area (Å²) in [5, 5.41) is 8.48. The molecule has 0 heterocycles. The summed E-state index contributed by atoms with van der Waals surface area (Å²) in [4.78, 5) is 0. The highest BCUT2D eigenvalue weighted by molar-refractivity contribution is 5.14. The van der Waals surface area contributed by atoms with Crippen LogP contribution in [0.25, 0.3) is 0 Å². The van der Waals surface area contributed by atoms with E-state index in [1.165, 1.54) is 5.56 Å². The third-order valence-electron chi connectivity index (χ3n) is 2.21. The van der Waals surface area contributed by atoms with Gasteiger partial charge < -0.3 is 0 Å². The lowest BCUT2D eigenvalue weighted by Crippen LogP contribution is -1.95. The largest absolute Gasteiger partial charge is 0.198 e.